The first kappa shape index (κ1) is 55.2. The smallest absolute Gasteiger partial charge is 0.297 e. The Labute approximate surface area is 500 Å². The number of benzene rings is 6. The van der Waals surface area contributed by atoms with E-state index in [0.29, 0.717) is 0 Å². The van der Waals surface area contributed by atoms with Crippen molar-refractivity contribution in [3.63, 3.8) is 0 Å². The Morgan fingerprint density at radius 1 is 0.398 bits per heavy atom. The van der Waals surface area contributed by atoms with E-state index in [-0.39, 0.29) is 61.0 Å². The van der Waals surface area contributed by atoms with Crippen LogP contribution in [0.3, 0.4) is 0 Å². The van der Waals surface area contributed by atoms with E-state index in [2.05, 4.69) is 250 Å². The Balaban J connectivity index is 1.15. The van der Waals surface area contributed by atoms with E-state index >= 15 is 0 Å². The lowest BCUT2D eigenvalue weighted by Gasteiger charge is -2.51. The average Bonchev–Trinajstić information content (AvgIpc) is 1.75. The molecule has 5 heteroatoms. The molecular weight excluding hydrogens is 1010 g/mol. The highest BCUT2D eigenvalue weighted by molar-refractivity contribution is 7.00. The van der Waals surface area contributed by atoms with Crippen molar-refractivity contribution in [2.24, 2.45) is 0 Å². The lowest BCUT2D eigenvalue weighted by atomic mass is 9.35. The maximum absolute atomic E-state index is 7.90. The van der Waals surface area contributed by atoms with Crippen LogP contribution < -0.4 is 31.3 Å². The SMILES string of the molecule is CC(C)(C)c1ccc(N2c3cc(N4c5ccc(C(C)(C)C)cc5C5(C)CCCCC45C)cc4c3B(c3cc5c(cc3N4c3ccc4c(c3)C(C)(C)CCC4(C)C)C(C)(C)CCC5(C)C)c3oc4cc5c(cc4c32)C(C)(C)CCC5(C)C)cc1. The summed E-state index contributed by atoms with van der Waals surface area (Å²) < 4.78 is 7.90. The molecule has 6 aromatic carbocycles. The van der Waals surface area contributed by atoms with Crippen molar-refractivity contribution in [2.75, 3.05) is 14.7 Å². The zero-order valence-corrected chi connectivity index (χ0v) is 54.6. The Morgan fingerprint density at radius 3 is 1.48 bits per heavy atom. The highest BCUT2D eigenvalue weighted by Gasteiger charge is 2.59. The largest absolute Gasteiger partial charge is 0.468 e. The summed E-state index contributed by atoms with van der Waals surface area (Å²) in [5.41, 5.74) is 27.9. The van der Waals surface area contributed by atoms with Crippen LogP contribution in [0.2, 0.25) is 0 Å². The summed E-state index contributed by atoms with van der Waals surface area (Å²) in [4.78, 5) is 8.33. The lowest BCUT2D eigenvalue weighted by Crippen LogP contribution is -2.61. The minimum absolute atomic E-state index is 0.000372. The third-order valence-corrected chi connectivity index (χ3v) is 23.9. The third kappa shape index (κ3) is 7.74. The van der Waals surface area contributed by atoms with Crippen LogP contribution in [0.25, 0.3) is 11.0 Å². The van der Waals surface area contributed by atoms with Crippen LogP contribution in [0, 0.1) is 0 Å². The van der Waals surface area contributed by atoms with E-state index in [1.54, 1.807) is 0 Å². The van der Waals surface area contributed by atoms with Crippen molar-refractivity contribution in [1.29, 1.82) is 0 Å². The van der Waals surface area contributed by atoms with Crippen LogP contribution >= 0.6 is 0 Å². The molecule has 7 aliphatic rings. The van der Waals surface area contributed by atoms with E-state index in [0.717, 1.165) is 49.8 Å². The molecular formula is C78H96BN3O. The maximum atomic E-state index is 7.90. The Morgan fingerprint density at radius 2 is 0.892 bits per heavy atom. The highest BCUT2D eigenvalue weighted by atomic mass is 16.3. The Kier molecular flexibility index (Phi) is 11.3. The van der Waals surface area contributed by atoms with Gasteiger partial charge in [-0.2, -0.15) is 0 Å². The van der Waals surface area contributed by atoms with Crippen LogP contribution in [0.1, 0.15) is 253 Å². The number of nitrogens with zero attached hydrogens (tertiary/aromatic N) is 3. The first-order valence-electron chi connectivity index (χ1n) is 32.4. The molecule has 1 aromatic heterocycles. The molecule has 0 radical (unpaired) electrons. The van der Waals surface area contributed by atoms with Gasteiger partial charge in [-0.25, -0.2) is 0 Å². The molecule has 2 unspecified atom stereocenters. The fraction of sp³-hybridized carbons (Fsp3) is 0.513. The zero-order chi connectivity index (χ0) is 59.1. The van der Waals surface area contributed by atoms with Gasteiger partial charge in [-0.3, -0.25) is 0 Å². The summed E-state index contributed by atoms with van der Waals surface area (Å²) in [6.07, 6.45) is 11.7. The predicted molar refractivity (Wildman–Crippen MR) is 356 cm³/mol. The van der Waals surface area contributed by atoms with Crippen LogP contribution in [-0.4, -0.2) is 12.3 Å². The quantitative estimate of drug-likeness (QED) is 0.165. The topological polar surface area (TPSA) is 22.9 Å². The molecule has 1 fully saturated rings. The molecule has 432 valence electrons. The van der Waals surface area contributed by atoms with Gasteiger partial charge in [0.1, 0.15) is 5.58 Å². The second-order valence-electron chi connectivity index (χ2n) is 34.1. The average molecular weight is 1100 g/mol. The van der Waals surface area contributed by atoms with Crippen molar-refractivity contribution in [1.82, 2.24) is 0 Å². The number of furan rings is 1. The Hall–Kier alpha value is -5.68. The van der Waals surface area contributed by atoms with Gasteiger partial charge in [0.2, 0.25) is 0 Å². The van der Waals surface area contributed by atoms with Gasteiger partial charge in [0.25, 0.3) is 6.71 Å². The zero-order valence-electron chi connectivity index (χ0n) is 54.6. The summed E-state index contributed by atoms with van der Waals surface area (Å²) in [6, 6.07) is 40.7. The van der Waals surface area contributed by atoms with E-state index in [4.69, 9.17) is 4.42 Å². The predicted octanol–water partition coefficient (Wildman–Crippen LogP) is 19.9. The second-order valence-corrected chi connectivity index (χ2v) is 34.1. The molecule has 0 N–H and O–H groups in total. The molecule has 14 rings (SSSR count). The standard InChI is InChI=1S/C78H96BN3O/c1-69(2,3)47-23-26-49(27-24-47)81-64-42-51(82-61-30-25-48(70(4,5)6)39-59(61)77(19)31-21-22-32-78(77,82)20)41-63-66(64)79(68-67(81)52-43-55-58(46-65(52)83-68)76(17,18)38-35-73(55,11)12)60-44-56-57(75(15,16)37-36-74(56,13)14)45-62(60)80(63)50-28-29-53-54(40-50)72(9,10)34-33-71(53,7)8/h23-30,39-46H,21-22,31-38H2,1-20H3. The molecule has 4 nitrogen and oxygen atoms in total. The van der Waals surface area contributed by atoms with Crippen molar-refractivity contribution in [3.8, 4) is 0 Å². The second kappa shape index (κ2) is 17.1. The highest BCUT2D eigenvalue weighted by Crippen LogP contribution is 2.63. The van der Waals surface area contributed by atoms with Crippen LogP contribution in [0.15, 0.2) is 101 Å². The number of hydrogen-bond acceptors (Lipinski definition) is 4. The number of rotatable bonds is 3. The van der Waals surface area contributed by atoms with Gasteiger partial charge in [0.05, 0.1) is 16.9 Å². The van der Waals surface area contributed by atoms with Crippen LogP contribution in [0.4, 0.5) is 45.5 Å². The monoisotopic (exact) mass is 1100 g/mol. The first-order valence-corrected chi connectivity index (χ1v) is 32.4. The van der Waals surface area contributed by atoms with Gasteiger partial charge in [-0.05, 0) is 223 Å². The molecule has 4 heterocycles. The molecule has 0 spiro atoms. The molecule has 2 atom stereocenters. The minimum Gasteiger partial charge on any atom is -0.468 e. The van der Waals surface area contributed by atoms with Gasteiger partial charge in [0, 0.05) is 50.6 Å². The van der Waals surface area contributed by atoms with Crippen molar-refractivity contribution in [2.45, 2.75) is 257 Å². The van der Waals surface area contributed by atoms with Crippen molar-refractivity contribution < 1.29 is 4.42 Å². The molecule has 7 aromatic rings. The first-order chi connectivity index (χ1) is 38.6. The van der Waals surface area contributed by atoms with Gasteiger partial charge in [-0.15, -0.1) is 0 Å². The van der Waals surface area contributed by atoms with Gasteiger partial charge in [0.15, 0.2) is 0 Å². The number of fused-ring (bicyclic) bond motifs is 12. The summed E-state index contributed by atoms with van der Waals surface area (Å²) in [5.74, 6) is 0. The van der Waals surface area contributed by atoms with E-state index in [1.807, 2.05) is 0 Å². The minimum atomic E-state index is -0.170. The molecule has 0 saturated heterocycles. The summed E-state index contributed by atoms with van der Waals surface area (Å²) in [7, 11) is 0. The molecule has 0 bridgehead atoms. The van der Waals surface area contributed by atoms with Gasteiger partial charge < -0.3 is 19.1 Å². The van der Waals surface area contributed by atoms with Crippen LogP contribution in [0.5, 0.6) is 0 Å². The maximum Gasteiger partial charge on any atom is 0.297 e. The van der Waals surface area contributed by atoms with Gasteiger partial charge in [-0.1, -0.05) is 181 Å². The lowest BCUT2D eigenvalue weighted by molar-refractivity contribution is 0.195. The number of hydrogen-bond donors (Lipinski definition) is 0. The van der Waals surface area contributed by atoms with Crippen molar-refractivity contribution >= 4 is 79.8 Å². The Bertz CT molecular complexity index is 3900. The van der Waals surface area contributed by atoms with Crippen LogP contribution in [-0.2, 0) is 48.7 Å². The summed E-state index contributed by atoms with van der Waals surface area (Å²) in [5, 5.41) is 1.22. The van der Waals surface area contributed by atoms with Crippen molar-refractivity contribution in [3.05, 3.63) is 147 Å². The third-order valence-electron chi connectivity index (χ3n) is 23.9. The number of anilines is 8. The molecule has 83 heavy (non-hydrogen) atoms. The normalized spacial score (nSPS) is 24.5. The van der Waals surface area contributed by atoms with Gasteiger partial charge >= 0.3 is 0 Å². The summed E-state index contributed by atoms with van der Waals surface area (Å²) in [6.45, 7) is 49.1. The van der Waals surface area contributed by atoms with E-state index in [9.17, 15) is 0 Å². The fourth-order valence-electron chi connectivity index (χ4n) is 17.7. The van der Waals surface area contributed by atoms with E-state index in [1.165, 1.54) is 138 Å². The molecule has 0 amide bonds. The molecule has 4 aliphatic carbocycles. The molecule has 3 aliphatic heterocycles. The fourth-order valence-corrected chi connectivity index (χ4v) is 17.7. The van der Waals surface area contributed by atoms with E-state index < -0.39 is 0 Å². The molecule has 1 saturated carbocycles. The summed E-state index contributed by atoms with van der Waals surface area (Å²) >= 11 is 0.